The van der Waals surface area contributed by atoms with E-state index in [1.54, 1.807) is 4.52 Å². The summed E-state index contributed by atoms with van der Waals surface area (Å²) in [4.78, 5) is 0.634. The number of rotatable bonds is 2. The molecule has 21 heavy (non-hydrogen) atoms. The third kappa shape index (κ3) is 1.99. The average Bonchev–Trinajstić information content (AvgIpc) is 3.13. The zero-order valence-electron chi connectivity index (χ0n) is 11.2. The van der Waals surface area contributed by atoms with Crippen molar-refractivity contribution in [2.45, 2.75) is 31.6 Å². The Morgan fingerprint density at radius 3 is 2.81 bits per heavy atom. The maximum absolute atomic E-state index is 13.9. The Labute approximate surface area is 124 Å². The Bertz CT molecular complexity index is 786. The number of hydrogen-bond donors (Lipinski definition) is 1. The molecular formula is C14H13FN4OS. The van der Waals surface area contributed by atoms with Crippen molar-refractivity contribution in [3.63, 3.8) is 0 Å². The quantitative estimate of drug-likeness (QED) is 0.788. The minimum atomic E-state index is -0.484. The molecule has 0 spiro atoms. The van der Waals surface area contributed by atoms with Gasteiger partial charge in [-0.05, 0) is 25.0 Å². The van der Waals surface area contributed by atoms with Crippen molar-refractivity contribution in [3.05, 3.63) is 29.8 Å². The monoisotopic (exact) mass is 304 g/mol. The Morgan fingerprint density at radius 2 is 2.05 bits per heavy atom. The fourth-order valence-electron chi connectivity index (χ4n) is 2.90. The van der Waals surface area contributed by atoms with Gasteiger partial charge < -0.3 is 5.11 Å². The van der Waals surface area contributed by atoms with E-state index in [4.69, 9.17) is 0 Å². The van der Waals surface area contributed by atoms with Crippen LogP contribution in [-0.4, -0.2) is 24.9 Å². The van der Waals surface area contributed by atoms with E-state index in [-0.39, 0.29) is 11.3 Å². The van der Waals surface area contributed by atoms with Crippen LogP contribution >= 0.6 is 11.3 Å². The van der Waals surface area contributed by atoms with E-state index in [1.807, 2.05) is 0 Å². The SMILES string of the molecule is Oc1cccc(F)c1-c1nn2c(C3CCCC3)nnc2s1. The van der Waals surface area contributed by atoms with Gasteiger partial charge in [-0.3, -0.25) is 0 Å². The third-order valence-corrected chi connectivity index (χ3v) is 4.86. The van der Waals surface area contributed by atoms with Gasteiger partial charge in [0.2, 0.25) is 4.96 Å². The van der Waals surface area contributed by atoms with Crippen molar-refractivity contribution in [2.24, 2.45) is 0 Å². The van der Waals surface area contributed by atoms with E-state index in [9.17, 15) is 9.50 Å². The Morgan fingerprint density at radius 1 is 1.24 bits per heavy atom. The summed E-state index contributed by atoms with van der Waals surface area (Å²) >= 11 is 1.24. The highest BCUT2D eigenvalue weighted by Gasteiger charge is 2.25. The van der Waals surface area contributed by atoms with E-state index in [0.717, 1.165) is 18.7 Å². The number of fused-ring (bicyclic) bond motifs is 1. The molecule has 4 rings (SSSR count). The van der Waals surface area contributed by atoms with Gasteiger partial charge in [0.05, 0.1) is 5.56 Å². The highest BCUT2D eigenvalue weighted by Crippen LogP contribution is 2.37. The first-order valence-electron chi connectivity index (χ1n) is 6.94. The number of aromatic hydroxyl groups is 1. The summed E-state index contributed by atoms with van der Waals surface area (Å²) in [6, 6.07) is 4.24. The van der Waals surface area contributed by atoms with Gasteiger partial charge in [0.25, 0.3) is 0 Å². The molecule has 0 bridgehead atoms. The molecule has 0 radical (unpaired) electrons. The fourth-order valence-corrected chi connectivity index (χ4v) is 3.80. The normalized spacial score (nSPS) is 16.0. The summed E-state index contributed by atoms with van der Waals surface area (Å²) < 4.78 is 15.6. The van der Waals surface area contributed by atoms with E-state index in [0.29, 0.717) is 15.9 Å². The predicted octanol–water partition coefficient (Wildman–Crippen LogP) is 3.36. The summed E-state index contributed by atoms with van der Waals surface area (Å²) in [7, 11) is 0. The lowest BCUT2D eigenvalue weighted by Gasteiger charge is -2.04. The molecule has 1 aromatic carbocycles. The minimum Gasteiger partial charge on any atom is -0.507 e. The molecule has 1 N–H and O–H groups in total. The molecule has 0 atom stereocenters. The largest absolute Gasteiger partial charge is 0.507 e. The zero-order chi connectivity index (χ0) is 14.4. The molecule has 5 nitrogen and oxygen atoms in total. The lowest BCUT2D eigenvalue weighted by atomic mass is 10.1. The van der Waals surface area contributed by atoms with Crippen LogP contribution in [0.25, 0.3) is 15.5 Å². The smallest absolute Gasteiger partial charge is 0.234 e. The summed E-state index contributed by atoms with van der Waals surface area (Å²) in [5, 5.41) is 23.1. The average molecular weight is 304 g/mol. The van der Waals surface area contributed by atoms with Crippen LogP contribution < -0.4 is 0 Å². The van der Waals surface area contributed by atoms with Gasteiger partial charge in [0.15, 0.2) is 10.8 Å². The van der Waals surface area contributed by atoms with Crippen molar-refractivity contribution in [1.82, 2.24) is 19.8 Å². The molecule has 1 aliphatic carbocycles. The number of aromatic nitrogens is 4. The van der Waals surface area contributed by atoms with Gasteiger partial charge in [-0.25, -0.2) is 4.39 Å². The number of phenolic OH excluding ortho intramolecular Hbond substituents is 1. The van der Waals surface area contributed by atoms with Gasteiger partial charge in [-0.15, -0.1) is 10.2 Å². The van der Waals surface area contributed by atoms with Crippen molar-refractivity contribution >= 4 is 16.3 Å². The molecule has 7 heteroatoms. The van der Waals surface area contributed by atoms with Crippen LogP contribution in [-0.2, 0) is 0 Å². The topological polar surface area (TPSA) is 63.3 Å². The standard InChI is InChI=1S/C14H13FN4OS/c15-9-6-3-7-10(20)11(9)13-18-19-12(8-4-1-2-5-8)16-17-14(19)21-13/h3,6-8,20H,1-2,4-5H2. The van der Waals surface area contributed by atoms with Crippen molar-refractivity contribution in [1.29, 1.82) is 0 Å². The van der Waals surface area contributed by atoms with Crippen LogP contribution in [0, 0.1) is 5.82 Å². The Balaban J connectivity index is 1.84. The molecule has 0 unspecified atom stereocenters. The second-order valence-electron chi connectivity index (χ2n) is 5.28. The Kier molecular flexibility index (Phi) is 2.88. The van der Waals surface area contributed by atoms with E-state index >= 15 is 0 Å². The van der Waals surface area contributed by atoms with Crippen LogP contribution in [0.2, 0.25) is 0 Å². The number of benzene rings is 1. The number of halogens is 1. The van der Waals surface area contributed by atoms with Crippen LogP contribution in [0.15, 0.2) is 18.2 Å². The summed E-state index contributed by atoms with van der Waals surface area (Å²) in [6.45, 7) is 0. The van der Waals surface area contributed by atoms with Gasteiger partial charge in [0, 0.05) is 5.92 Å². The second kappa shape index (κ2) is 4.77. The fraction of sp³-hybridized carbons (Fsp3) is 0.357. The van der Waals surface area contributed by atoms with Crippen molar-refractivity contribution in [3.8, 4) is 16.3 Å². The number of phenols is 1. The maximum Gasteiger partial charge on any atom is 0.234 e. The molecule has 1 aliphatic rings. The highest BCUT2D eigenvalue weighted by atomic mass is 32.1. The van der Waals surface area contributed by atoms with Crippen LogP contribution in [0.1, 0.15) is 37.4 Å². The van der Waals surface area contributed by atoms with Gasteiger partial charge in [0.1, 0.15) is 11.6 Å². The molecule has 1 saturated carbocycles. The van der Waals surface area contributed by atoms with Gasteiger partial charge in [-0.1, -0.05) is 30.2 Å². The first-order valence-corrected chi connectivity index (χ1v) is 7.75. The molecule has 3 aromatic rings. The lowest BCUT2D eigenvalue weighted by Crippen LogP contribution is -2.01. The predicted molar refractivity (Wildman–Crippen MR) is 76.9 cm³/mol. The molecule has 0 aliphatic heterocycles. The Hall–Kier alpha value is -2.02. The van der Waals surface area contributed by atoms with E-state index in [1.165, 1.54) is 42.4 Å². The molecule has 1 fully saturated rings. The van der Waals surface area contributed by atoms with Crippen LogP contribution in [0.5, 0.6) is 5.75 Å². The summed E-state index contributed by atoms with van der Waals surface area (Å²) in [6.07, 6.45) is 4.59. The third-order valence-electron chi connectivity index (χ3n) is 3.94. The van der Waals surface area contributed by atoms with Gasteiger partial charge >= 0.3 is 0 Å². The van der Waals surface area contributed by atoms with Crippen LogP contribution in [0.3, 0.4) is 0 Å². The molecule has 0 amide bonds. The maximum atomic E-state index is 13.9. The van der Waals surface area contributed by atoms with Crippen LogP contribution in [0.4, 0.5) is 4.39 Å². The summed E-state index contributed by atoms with van der Waals surface area (Å²) in [5.41, 5.74) is 0.130. The molecule has 2 heterocycles. The number of nitrogens with zero attached hydrogens (tertiary/aromatic N) is 4. The first-order chi connectivity index (χ1) is 10.2. The minimum absolute atomic E-state index is 0.109. The zero-order valence-corrected chi connectivity index (χ0v) is 12.0. The lowest BCUT2D eigenvalue weighted by molar-refractivity contribution is 0.472. The summed E-state index contributed by atoms with van der Waals surface area (Å²) in [5.74, 6) is 0.634. The number of hydrogen-bond acceptors (Lipinski definition) is 5. The van der Waals surface area contributed by atoms with Crippen molar-refractivity contribution < 1.29 is 9.50 Å². The van der Waals surface area contributed by atoms with Gasteiger partial charge in [-0.2, -0.15) is 9.61 Å². The first kappa shape index (κ1) is 12.7. The van der Waals surface area contributed by atoms with E-state index in [2.05, 4.69) is 15.3 Å². The molecule has 108 valence electrons. The van der Waals surface area contributed by atoms with E-state index < -0.39 is 5.82 Å². The molecule has 2 aromatic heterocycles. The molecule has 0 saturated heterocycles. The highest BCUT2D eigenvalue weighted by molar-refractivity contribution is 7.19. The molecular weight excluding hydrogens is 291 g/mol. The second-order valence-corrected chi connectivity index (χ2v) is 6.23. The van der Waals surface area contributed by atoms with Crippen molar-refractivity contribution in [2.75, 3.05) is 0 Å².